The summed E-state index contributed by atoms with van der Waals surface area (Å²) in [5.74, 6) is -0.399. The summed E-state index contributed by atoms with van der Waals surface area (Å²) in [5, 5.41) is 3.54. The molecule has 0 saturated heterocycles. The summed E-state index contributed by atoms with van der Waals surface area (Å²) in [7, 11) is 0. The highest BCUT2D eigenvalue weighted by Crippen LogP contribution is 2.27. The van der Waals surface area contributed by atoms with E-state index < -0.39 is 11.6 Å². The molecule has 4 nitrogen and oxygen atoms in total. The second-order valence-electron chi connectivity index (χ2n) is 6.59. The number of hydrogen-bond donors (Lipinski definition) is 1. The number of fused-ring (bicyclic) bond motifs is 1. The predicted molar refractivity (Wildman–Crippen MR) is 106 cm³/mol. The molecular weight excluding hydrogens is 360 g/mol. The third-order valence-electron chi connectivity index (χ3n) is 4.47. The number of hydrogen-bond acceptors (Lipinski definition) is 3. The lowest BCUT2D eigenvalue weighted by Crippen LogP contribution is -2.14. The quantitative estimate of drug-likeness (QED) is 0.545. The molecule has 0 amide bonds. The molecule has 0 aliphatic carbocycles. The molecule has 6 heteroatoms. The van der Waals surface area contributed by atoms with Crippen LogP contribution in [0.15, 0.2) is 65.5 Å². The van der Waals surface area contributed by atoms with E-state index in [0.717, 1.165) is 5.69 Å². The summed E-state index contributed by atoms with van der Waals surface area (Å²) in [6.45, 7) is 3.60. The van der Waals surface area contributed by atoms with Crippen LogP contribution in [0.25, 0.3) is 16.6 Å². The van der Waals surface area contributed by atoms with Crippen molar-refractivity contribution in [3.8, 4) is 5.69 Å². The van der Waals surface area contributed by atoms with Crippen LogP contribution >= 0.6 is 0 Å². The van der Waals surface area contributed by atoms with Gasteiger partial charge < -0.3 is 5.32 Å². The minimum Gasteiger partial charge on any atom is -0.341 e. The number of nitrogens with one attached hydrogen (secondary N) is 1. The van der Waals surface area contributed by atoms with E-state index in [1.807, 2.05) is 6.92 Å². The standard InChI is InChI=1S/C22H17F2N3O/c1-13-9-19-22(14(2)25-13)20(28)12-21(26-17-7-3-5-15(23)10-17)27(19)18-8-4-6-16(24)11-18/h3-12,26H,1-2H3. The Labute approximate surface area is 160 Å². The first-order valence-corrected chi connectivity index (χ1v) is 8.75. The van der Waals surface area contributed by atoms with Gasteiger partial charge in [0.15, 0.2) is 5.43 Å². The van der Waals surface area contributed by atoms with Crippen LogP contribution in [0.5, 0.6) is 0 Å². The van der Waals surface area contributed by atoms with Crippen LogP contribution in [0, 0.1) is 25.5 Å². The summed E-state index contributed by atoms with van der Waals surface area (Å²) >= 11 is 0. The summed E-state index contributed by atoms with van der Waals surface area (Å²) in [5.41, 5.74) is 2.73. The van der Waals surface area contributed by atoms with Crippen molar-refractivity contribution in [2.75, 3.05) is 5.32 Å². The molecule has 0 fully saturated rings. The molecule has 2 aromatic carbocycles. The van der Waals surface area contributed by atoms with Crippen LogP contribution in [0.2, 0.25) is 0 Å². The van der Waals surface area contributed by atoms with Crippen molar-refractivity contribution >= 4 is 22.4 Å². The van der Waals surface area contributed by atoms with E-state index in [9.17, 15) is 13.6 Å². The average molecular weight is 377 g/mol. The Bertz CT molecular complexity index is 1260. The van der Waals surface area contributed by atoms with E-state index in [1.165, 1.54) is 30.3 Å². The maximum absolute atomic E-state index is 13.9. The molecule has 140 valence electrons. The van der Waals surface area contributed by atoms with E-state index >= 15 is 0 Å². The molecule has 2 aromatic heterocycles. The summed E-state index contributed by atoms with van der Waals surface area (Å²) in [4.78, 5) is 17.2. The van der Waals surface area contributed by atoms with Gasteiger partial charge in [-0.05, 0) is 56.3 Å². The number of aromatic nitrogens is 2. The predicted octanol–water partition coefficient (Wildman–Crippen LogP) is 5.02. The molecule has 0 unspecified atom stereocenters. The largest absolute Gasteiger partial charge is 0.341 e. The highest BCUT2D eigenvalue weighted by Gasteiger charge is 2.15. The van der Waals surface area contributed by atoms with E-state index in [-0.39, 0.29) is 5.43 Å². The van der Waals surface area contributed by atoms with Gasteiger partial charge in [-0.15, -0.1) is 0 Å². The van der Waals surface area contributed by atoms with Crippen LogP contribution in [0.4, 0.5) is 20.3 Å². The Balaban J connectivity index is 2.06. The van der Waals surface area contributed by atoms with E-state index in [4.69, 9.17) is 0 Å². The zero-order valence-corrected chi connectivity index (χ0v) is 15.3. The van der Waals surface area contributed by atoms with E-state index in [2.05, 4.69) is 10.3 Å². The Hall–Kier alpha value is -3.54. The van der Waals surface area contributed by atoms with Crippen molar-refractivity contribution in [3.05, 3.63) is 93.9 Å². The number of rotatable bonds is 3. The van der Waals surface area contributed by atoms with Crippen molar-refractivity contribution < 1.29 is 8.78 Å². The lowest BCUT2D eigenvalue weighted by Gasteiger charge is -2.19. The van der Waals surface area contributed by atoms with Gasteiger partial charge in [-0.25, -0.2) is 8.78 Å². The fourth-order valence-corrected chi connectivity index (χ4v) is 3.38. The van der Waals surface area contributed by atoms with Crippen molar-refractivity contribution in [1.29, 1.82) is 0 Å². The van der Waals surface area contributed by atoms with Gasteiger partial charge in [0.1, 0.15) is 17.5 Å². The van der Waals surface area contributed by atoms with Gasteiger partial charge in [-0.1, -0.05) is 12.1 Å². The molecule has 4 aromatic rings. The first-order valence-electron chi connectivity index (χ1n) is 8.75. The summed E-state index contributed by atoms with van der Waals surface area (Å²) < 4.78 is 29.3. The van der Waals surface area contributed by atoms with Crippen LogP contribution < -0.4 is 10.7 Å². The molecule has 1 N–H and O–H groups in total. The van der Waals surface area contributed by atoms with Crippen LogP contribution in [-0.2, 0) is 0 Å². The highest BCUT2D eigenvalue weighted by atomic mass is 19.1. The molecule has 0 bridgehead atoms. The summed E-state index contributed by atoms with van der Waals surface area (Å²) in [6, 6.07) is 15.2. The molecule has 0 atom stereocenters. The Morgan fingerprint density at radius 2 is 1.64 bits per heavy atom. The van der Waals surface area contributed by atoms with Gasteiger partial charge in [0, 0.05) is 17.4 Å². The van der Waals surface area contributed by atoms with Crippen LogP contribution in [0.3, 0.4) is 0 Å². The van der Waals surface area contributed by atoms with Crippen LogP contribution in [-0.4, -0.2) is 9.55 Å². The van der Waals surface area contributed by atoms with E-state index in [0.29, 0.717) is 33.8 Å². The SMILES string of the molecule is Cc1cc2c(c(C)n1)c(=O)cc(Nc1cccc(F)c1)n2-c1cccc(F)c1. The first-order chi connectivity index (χ1) is 13.4. The average Bonchev–Trinajstić information content (AvgIpc) is 2.61. The molecule has 0 saturated carbocycles. The topological polar surface area (TPSA) is 46.9 Å². The minimum absolute atomic E-state index is 0.216. The minimum atomic E-state index is -0.402. The molecule has 0 aliphatic heterocycles. The number of aryl methyl sites for hydroxylation is 2. The van der Waals surface area contributed by atoms with Gasteiger partial charge in [-0.3, -0.25) is 14.3 Å². The fourth-order valence-electron chi connectivity index (χ4n) is 3.38. The van der Waals surface area contributed by atoms with Crippen molar-refractivity contribution in [2.45, 2.75) is 13.8 Å². The normalized spacial score (nSPS) is 11.0. The Morgan fingerprint density at radius 3 is 2.36 bits per heavy atom. The first kappa shape index (κ1) is 17.9. The van der Waals surface area contributed by atoms with Crippen molar-refractivity contribution in [1.82, 2.24) is 9.55 Å². The monoisotopic (exact) mass is 377 g/mol. The molecule has 0 spiro atoms. The zero-order valence-electron chi connectivity index (χ0n) is 15.3. The maximum Gasteiger partial charge on any atom is 0.193 e. The molecular formula is C22H17F2N3O. The van der Waals surface area contributed by atoms with Gasteiger partial charge in [0.05, 0.1) is 22.3 Å². The number of benzene rings is 2. The second-order valence-corrected chi connectivity index (χ2v) is 6.59. The van der Waals surface area contributed by atoms with Gasteiger partial charge >= 0.3 is 0 Å². The Morgan fingerprint density at radius 1 is 0.929 bits per heavy atom. The molecule has 0 aliphatic rings. The molecule has 2 heterocycles. The number of pyridine rings is 2. The van der Waals surface area contributed by atoms with Crippen LogP contribution in [0.1, 0.15) is 11.4 Å². The lowest BCUT2D eigenvalue weighted by atomic mass is 10.1. The van der Waals surface area contributed by atoms with Crippen molar-refractivity contribution in [3.63, 3.8) is 0 Å². The van der Waals surface area contributed by atoms with Crippen molar-refractivity contribution in [2.24, 2.45) is 0 Å². The fraction of sp³-hybridized carbons (Fsp3) is 0.0909. The summed E-state index contributed by atoms with van der Waals surface area (Å²) in [6.07, 6.45) is 0. The van der Waals surface area contributed by atoms with Gasteiger partial charge in [0.2, 0.25) is 0 Å². The van der Waals surface area contributed by atoms with E-state index in [1.54, 1.807) is 41.8 Å². The Kier molecular flexibility index (Phi) is 4.39. The van der Waals surface area contributed by atoms with Gasteiger partial charge in [-0.2, -0.15) is 0 Å². The molecule has 4 rings (SSSR count). The smallest absolute Gasteiger partial charge is 0.193 e. The lowest BCUT2D eigenvalue weighted by molar-refractivity contribution is 0.627. The molecule has 28 heavy (non-hydrogen) atoms. The highest BCUT2D eigenvalue weighted by molar-refractivity contribution is 5.86. The third kappa shape index (κ3) is 3.24. The number of nitrogens with zero attached hydrogens (tertiary/aromatic N) is 2. The molecule has 0 radical (unpaired) electrons. The third-order valence-corrected chi connectivity index (χ3v) is 4.47. The number of anilines is 2. The maximum atomic E-state index is 13.9. The second kappa shape index (κ2) is 6.88. The zero-order chi connectivity index (χ0) is 19.8. The number of halogens is 2. The van der Waals surface area contributed by atoms with Gasteiger partial charge in [0.25, 0.3) is 0 Å².